The SMILES string of the molecule is C=CCn1c2c(ccc1=O)CCN(C(=O)N1CCOCC1)CC2. The lowest BCUT2D eigenvalue weighted by Gasteiger charge is -2.32. The Morgan fingerprint density at radius 3 is 2.57 bits per heavy atom. The minimum atomic E-state index is -0.00314. The number of aromatic nitrogens is 1. The van der Waals surface area contributed by atoms with Crippen molar-refractivity contribution in [2.24, 2.45) is 0 Å². The van der Waals surface area contributed by atoms with Gasteiger partial charge < -0.3 is 19.1 Å². The molecule has 23 heavy (non-hydrogen) atoms. The van der Waals surface area contributed by atoms with Crippen LogP contribution in [0.2, 0.25) is 0 Å². The van der Waals surface area contributed by atoms with E-state index in [9.17, 15) is 9.59 Å². The highest BCUT2D eigenvalue weighted by Gasteiger charge is 2.25. The highest BCUT2D eigenvalue weighted by molar-refractivity contribution is 5.74. The Kier molecular flexibility index (Phi) is 4.81. The second-order valence-corrected chi connectivity index (χ2v) is 5.91. The Labute approximate surface area is 135 Å². The minimum absolute atomic E-state index is 0.00314. The van der Waals surface area contributed by atoms with Gasteiger partial charge in [0.2, 0.25) is 0 Å². The van der Waals surface area contributed by atoms with Crippen LogP contribution >= 0.6 is 0 Å². The smallest absolute Gasteiger partial charge is 0.320 e. The fourth-order valence-electron chi connectivity index (χ4n) is 3.27. The summed E-state index contributed by atoms with van der Waals surface area (Å²) in [6.07, 6.45) is 3.22. The van der Waals surface area contributed by atoms with E-state index in [0.717, 1.165) is 17.7 Å². The van der Waals surface area contributed by atoms with Gasteiger partial charge in [-0.25, -0.2) is 4.79 Å². The summed E-state index contributed by atoms with van der Waals surface area (Å²) in [5.74, 6) is 0. The van der Waals surface area contributed by atoms with Crippen LogP contribution in [-0.4, -0.2) is 59.8 Å². The van der Waals surface area contributed by atoms with Gasteiger partial charge in [-0.1, -0.05) is 12.1 Å². The summed E-state index contributed by atoms with van der Waals surface area (Å²) in [5.41, 5.74) is 2.19. The van der Waals surface area contributed by atoms with Gasteiger partial charge in [-0.3, -0.25) is 4.79 Å². The Hall–Kier alpha value is -2.08. The van der Waals surface area contributed by atoms with Crippen LogP contribution in [0.5, 0.6) is 0 Å². The summed E-state index contributed by atoms with van der Waals surface area (Å²) in [6, 6.07) is 3.60. The summed E-state index contributed by atoms with van der Waals surface area (Å²) in [7, 11) is 0. The van der Waals surface area contributed by atoms with Gasteiger partial charge in [0, 0.05) is 50.9 Å². The van der Waals surface area contributed by atoms with Gasteiger partial charge in [-0.15, -0.1) is 6.58 Å². The topological polar surface area (TPSA) is 54.8 Å². The zero-order chi connectivity index (χ0) is 16.2. The van der Waals surface area contributed by atoms with E-state index >= 15 is 0 Å². The lowest BCUT2D eigenvalue weighted by Crippen LogP contribution is -2.48. The van der Waals surface area contributed by atoms with Gasteiger partial charge in [0.05, 0.1) is 13.2 Å². The summed E-state index contributed by atoms with van der Waals surface area (Å²) in [4.78, 5) is 28.5. The first-order valence-electron chi connectivity index (χ1n) is 8.15. The first kappa shape index (κ1) is 15.8. The van der Waals surface area contributed by atoms with Gasteiger partial charge >= 0.3 is 6.03 Å². The zero-order valence-corrected chi connectivity index (χ0v) is 13.4. The van der Waals surface area contributed by atoms with Crippen LogP contribution in [0, 0.1) is 0 Å². The Balaban J connectivity index is 1.77. The third kappa shape index (κ3) is 3.32. The van der Waals surface area contributed by atoms with Crippen LogP contribution in [0.3, 0.4) is 0 Å². The van der Waals surface area contributed by atoms with Crippen LogP contribution in [0.1, 0.15) is 11.3 Å². The molecular formula is C17H23N3O3. The molecule has 0 atom stereocenters. The molecule has 1 fully saturated rings. The van der Waals surface area contributed by atoms with Gasteiger partial charge in [0.25, 0.3) is 5.56 Å². The highest BCUT2D eigenvalue weighted by Crippen LogP contribution is 2.16. The lowest BCUT2D eigenvalue weighted by atomic mass is 10.1. The molecule has 0 aromatic carbocycles. The number of hydrogen-bond donors (Lipinski definition) is 0. The Morgan fingerprint density at radius 2 is 1.83 bits per heavy atom. The second kappa shape index (κ2) is 7.00. The molecule has 0 radical (unpaired) electrons. The van der Waals surface area contributed by atoms with Gasteiger partial charge in [0.1, 0.15) is 0 Å². The van der Waals surface area contributed by atoms with E-state index in [0.29, 0.717) is 52.4 Å². The number of rotatable bonds is 2. The average Bonchev–Trinajstić information content (AvgIpc) is 2.80. The second-order valence-electron chi connectivity index (χ2n) is 5.91. The maximum absolute atomic E-state index is 12.6. The highest BCUT2D eigenvalue weighted by atomic mass is 16.5. The maximum atomic E-state index is 12.6. The number of pyridine rings is 1. The number of morpholine rings is 1. The van der Waals surface area contributed by atoms with Gasteiger partial charge in [-0.05, 0) is 12.0 Å². The van der Waals surface area contributed by atoms with Crippen molar-refractivity contribution in [2.75, 3.05) is 39.4 Å². The van der Waals surface area contributed by atoms with Crippen LogP contribution < -0.4 is 5.56 Å². The number of carbonyl (C=O) groups excluding carboxylic acids is 1. The standard InChI is InChI=1S/C17H23N3O3/c1-2-7-20-15-6-9-18(8-5-14(15)3-4-16(20)21)17(22)19-10-12-23-13-11-19/h2-4H,1,5-13H2. The van der Waals surface area contributed by atoms with Crippen molar-refractivity contribution in [3.63, 3.8) is 0 Å². The molecule has 2 amide bonds. The number of allylic oxidation sites excluding steroid dienone is 1. The molecule has 2 aliphatic rings. The molecule has 0 unspecified atom stereocenters. The molecule has 6 nitrogen and oxygen atoms in total. The third-order valence-corrected chi connectivity index (χ3v) is 4.52. The monoisotopic (exact) mass is 317 g/mol. The maximum Gasteiger partial charge on any atom is 0.320 e. The van der Waals surface area contributed by atoms with Crippen molar-refractivity contribution in [1.29, 1.82) is 0 Å². The third-order valence-electron chi connectivity index (χ3n) is 4.52. The zero-order valence-electron chi connectivity index (χ0n) is 13.4. The number of amides is 2. The van der Waals surface area contributed by atoms with Gasteiger partial charge in [-0.2, -0.15) is 0 Å². The lowest BCUT2D eigenvalue weighted by molar-refractivity contribution is 0.0436. The summed E-state index contributed by atoms with van der Waals surface area (Å²) < 4.78 is 7.08. The fraction of sp³-hybridized carbons (Fsp3) is 0.529. The van der Waals surface area contributed by atoms with E-state index in [1.165, 1.54) is 0 Å². The van der Waals surface area contributed by atoms with E-state index in [1.807, 2.05) is 15.9 Å². The molecular weight excluding hydrogens is 294 g/mol. The Bertz CT molecular complexity index is 647. The van der Waals surface area contributed by atoms with Crippen molar-refractivity contribution in [3.8, 4) is 0 Å². The van der Waals surface area contributed by atoms with E-state index in [2.05, 4.69) is 6.58 Å². The average molecular weight is 317 g/mol. The molecule has 6 heteroatoms. The first-order valence-corrected chi connectivity index (χ1v) is 8.15. The van der Waals surface area contributed by atoms with Gasteiger partial charge in [0.15, 0.2) is 0 Å². The summed E-state index contributed by atoms with van der Waals surface area (Å²) in [6.45, 7) is 8.11. The molecule has 2 aliphatic heterocycles. The normalized spacial score (nSPS) is 18.3. The number of urea groups is 1. The van der Waals surface area contributed by atoms with Crippen molar-refractivity contribution in [3.05, 3.63) is 46.4 Å². The van der Waals surface area contributed by atoms with E-state index in [4.69, 9.17) is 4.74 Å². The van der Waals surface area contributed by atoms with Crippen LogP contribution in [0.4, 0.5) is 4.79 Å². The number of fused-ring (bicyclic) bond motifs is 1. The van der Waals surface area contributed by atoms with E-state index in [-0.39, 0.29) is 11.6 Å². The van der Waals surface area contributed by atoms with E-state index in [1.54, 1.807) is 16.7 Å². The van der Waals surface area contributed by atoms with Crippen molar-refractivity contribution in [2.45, 2.75) is 19.4 Å². The molecule has 0 bridgehead atoms. The van der Waals surface area contributed by atoms with Crippen molar-refractivity contribution < 1.29 is 9.53 Å². The Morgan fingerprint density at radius 1 is 1.13 bits per heavy atom. The first-order chi connectivity index (χ1) is 11.2. The van der Waals surface area contributed by atoms with Crippen LogP contribution in [0.25, 0.3) is 0 Å². The number of nitrogens with zero attached hydrogens (tertiary/aromatic N) is 3. The molecule has 124 valence electrons. The summed E-state index contributed by atoms with van der Waals surface area (Å²) >= 11 is 0. The minimum Gasteiger partial charge on any atom is -0.378 e. The van der Waals surface area contributed by atoms with E-state index < -0.39 is 0 Å². The van der Waals surface area contributed by atoms with Crippen molar-refractivity contribution >= 4 is 6.03 Å². The molecule has 0 saturated carbocycles. The number of carbonyl (C=O) groups is 1. The number of ether oxygens (including phenoxy) is 1. The molecule has 3 rings (SSSR count). The summed E-state index contributed by atoms with van der Waals surface area (Å²) in [5, 5.41) is 0. The quantitative estimate of drug-likeness (QED) is 0.761. The van der Waals surface area contributed by atoms with Crippen LogP contribution in [-0.2, 0) is 24.1 Å². The predicted molar refractivity (Wildman–Crippen MR) is 87.7 cm³/mol. The molecule has 0 aliphatic carbocycles. The predicted octanol–water partition coefficient (Wildman–Crippen LogP) is 0.887. The number of hydrogen-bond acceptors (Lipinski definition) is 3. The largest absolute Gasteiger partial charge is 0.378 e. The molecule has 1 saturated heterocycles. The molecule has 3 heterocycles. The molecule has 1 aromatic heterocycles. The van der Waals surface area contributed by atoms with Crippen LogP contribution in [0.15, 0.2) is 29.6 Å². The fourth-order valence-corrected chi connectivity index (χ4v) is 3.27. The molecule has 0 spiro atoms. The molecule has 0 N–H and O–H groups in total. The van der Waals surface area contributed by atoms with Crippen molar-refractivity contribution in [1.82, 2.24) is 14.4 Å². The molecule has 1 aromatic rings.